The van der Waals surface area contributed by atoms with E-state index in [1.165, 1.54) is 0 Å². The minimum absolute atomic E-state index is 0.0201. The van der Waals surface area contributed by atoms with Crippen molar-refractivity contribution in [2.75, 3.05) is 6.61 Å². The third-order valence-electron chi connectivity index (χ3n) is 3.60. The van der Waals surface area contributed by atoms with Gasteiger partial charge in [-0.2, -0.15) is 0 Å². The second-order valence-corrected chi connectivity index (χ2v) is 6.12. The first-order chi connectivity index (χ1) is 11.2. The number of hydrogen-bond acceptors (Lipinski definition) is 2. The van der Waals surface area contributed by atoms with Gasteiger partial charge < -0.3 is 9.30 Å². The topological polar surface area (TPSA) is 31.2 Å². The van der Waals surface area contributed by atoms with E-state index < -0.39 is 0 Å². The van der Waals surface area contributed by atoms with Crippen LogP contribution in [0.5, 0.6) is 5.75 Å². The summed E-state index contributed by atoms with van der Waals surface area (Å²) in [6.07, 6.45) is 0. The van der Waals surface area contributed by atoms with E-state index in [2.05, 4.69) is 15.9 Å². The van der Waals surface area contributed by atoms with Crippen molar-refractivity contribution in [1.82, 2.24) is 4.57 Å². The molecular formula is C18H15BrClNO2. The van der Waals surface area contributed by atoms with Crippen molar-refractivity contribution in [1.29, 1.82) is 0 Å². The number of alkyl halides is 1. The predicted octanol–water partition coefficient (Wildman–Crippen LogP) is 4.63. The number of nitrogens with zero attached hydrogens (tertiary/aromatic N) is 1. The maximum absolute atomic E-state index is 12.6. The molecule has 0 radical (unpaired) electrons. The molecule has 5 heteroatoms. The van der Waals surface area contributed by atoms with Gasteiger partial charge in [0.2, 0.25) is 0 Å². The molecule has 0 aliphatic carbocycles. The zero-order valence-corrected chi connectivity index (χ0v) is 14.7. The van der Waals surface area contributed by atoms with E-state index in [-0.39, 0.29) is 5.56 Å². The Morgan fingerprint density at radius 2 is 1.87 bits per heavy atom. The standard InChI is InChI=1S/C18H15BrClNO2/c19-12-14-10-13-6-7-15(20)11-17(13)21(18(14)22)8-9-23-16-4-2-1-3-5-16/h1-7,10-11H,8-9,12H2. The fourth-order valence-corrected chi connectivity index (χ4v) is 3.06. The van der Waals surface area contributed by atoms with Crippen LogP contribution in [0.1, 0.15) is 5.56 Å². The lowest BCUT2D eigenvalue weighted by molar-refractivity contribution is 0.298. The molecule has 0 saturated heterocycles. The molecule has 3 aromatic rings. The third kappa shape index (κ3) is 3.59. The van der Waals surface area contributed by atoms with Crippen molar-refractivity contribution < 1.29 is 4.74 Å². The molecule has 3 rings (SSSR count). The number of fused-ring (bicyclic) bond motifs is 1. The maximum atomic E-state index is 12.6. The van der Waals surface area contributed by atoms with Crippen LogP contribution >= 0.6 is 27.5 Å². The van der Waals surface area contributed by atoms with Gasteiger partial charge in [0.15, 0.2) is 0 Å². The summed E-state index contributed by atoms with van der Waals surface area (Å²) in [6.45, 7) is 0.878. The van der Waals surface area contributed by atoms with E-state index in [9.17, 15) is 4.79 Å². The van der Waals surface area contributed by atoms with Crippen LogP contribution in [-0.4, -0.2) is 11.2 Å². The molecule has 0 N–H and O–H groups in total. The molecular weight excluding hydrogens is 378 g/mol. The quantitative estimate of drug-likeness (QED) is 0.593. The number of para-hydroxylation sites is 1. The van der Waals surface area contributed by atoms with E-state index in [1.54, 1.807) is 4.57 Å². The lowest BCUT2D eigenvalue weighted by atomic mass is 10.1. The molecule has 118 valence electrons. The zero-order valence-electron chi connectivity index (χ0n) is 12.3. The first kappa shape index (κ1) is 16.1. The second-order valence-electron chi connectivity index (χ2n) is 5.12. The van der Waals surface area contributed by atoms with Gasteiger partial charge in [-0.1, -0.05) is 51.8 Å². The summed E-state index contributed by atoms with van der Waals surface area (Å²) in [5.74, 6) is 0.791. The average molecular weight is 393 g/mol. The molecule has 0 aliphatic rings. The second kappa shape index (κ2) is 7.20. The Hall–Kier alpha value is -1.78. The van der Waals surface area contributed by atoms with E-state index in [0.29, 0.717) is 23.5 Å². The number of ether oxygens (including phenoxy) is 1. The molecule has 3 nitrogen and oxygen atoms in total. The molecule has 0 atom stereocenters. The van der Waals surface area contributed by atoms with Gasteiger partial charge in [0.25, 0.3) is 5.56 Å². The van der Waals surface area contributed by atoms with Gasteiger partial charge in [0.05, 0.1) is 12.1 Å². The van der Waals surface area contributed by atoms with Crippen molar-refractivity contribution in [2.24, 2.45) is 0 Å². The monoisotopic (exact) mass is 391 g/mol. The molecule has 0 saturated carbocycles. The Labute approximate surface area is 147 Å². The number of halogens is 2. The van der Waals surface area contributed by atoms with E-state index in [1.807, 2.05) is 54.6 Å². The smallest absolute Gasteiger partial charge is 0.255 e. The van der Waals surface area contributed by atoms with Gasteiger partial charge in [0, 0.05) is 15.9 Å². The largest absolute Gasteiger partial charge is 0.492 e. The zero-order chi connectivity index (χ0) is 16.2. The SMILES string of the molecule is O=c1c(CBr)cc2ccc(Cl)cc2n1CCOc1ccccc1. The summed E-state index contributed by atoms with van der Waals surface area (Å²) in [7, 11) is 0. The van der Waals surface area contributed by atoms with Gasteiger partial charge in [-0.25, -0.2) is 0 Å². The van der Waals surface area contributed by atoms with Crippen molar-refractivity contribution in [3.05, 3.63) is 75.5 Å². The number of rotatable bonds is 5. The van der Waals surface area contributed by atoms with Crippen LogP contribution in [0.25, 0.3) is 10.9 Å². The fraction of sp³-hybridized carbons (Fsp3) is 0.167. The Balaban J connectivity index is 1.93. The molecule has 23 heavy (non-hydrogen) atoms. The number of hydrogen-bond donors (Lipinski definition) is 0. The molecule has 1 heterocycles. The van der Waals surface area contributed by atoms with Crippen LogP contribution < -0.4 is 10.3 Å². The Morgan fingerprint density at radius 3 is 2.61 bits per heavy atom. The van der Waals surface area contributed by atoms with Crippen LogP contribution in [0.2, 0.25) is 5.02 Å². The minimum atomic E-state index is -0.0201. The van der Waals surface area contributed by atoms with Crippen LogP contribution in [-0.2, 0) is 11.9 Å². The lowest BCUT2D eigenvalue weighted by Crippen LogP contribution is -2.26. The summed E-state index contributed by atoms with van der Waals surface area (Å²) in [6, 6.07) is 17.0. The molecule has 2 aromatic carbocycles. The summed E-state index contributed by atoms with van der Waals surface area (Å²) < 4.78 is 7.44. The van der Waals surface area contributed by atoms with Crippen LogP contribution in [0.4, 0.5) is 0 Å². The minimum Gasteiger partial charge on any atom is -0.492 e. The van der Waals surface area contributed by atoms with Crippen molar-refractivity contribution >= 4 is 38.4 Å². The maximum Gasteiger partial charge on any atom is 0.255 e. The molecule has 1 aromatic heterocycles. The van der Waals surface area contributed by atoms with Crippen LogP contribution in [0.15, 0.2) is 59.4 Å². The van der Waals surface area contributed by atoms with Gasteiger partial charge >= 0.3 is 0 Å². The van der Waals surface area contributed by atoms with E-state index in [0.717, 1.165) is 22.2 Å². The molecule has 0 spiro atoms. The highest BCUT2D eigenvalue weighted by Gasteiger charge is 2.09. The number of benzene rings is 2. The molecule has 0 amide bonds. The molecule has 0 fully saturated rings. The Bertz CT molecular complexity index is 877. The van der Waals surface area contributed by atoms with E-state index >= 15 is 0 Å². The van der Waals surface area contributed by atoms with Crippen molar-refractivity contribution in [2.45, 2.75) is 11.9 Å². The summed E-state index contributed by atoms with van der Waals surface area (Å²) in [4.78, 5) is 12.6. The number of aromatic nitrogens is 1. The predicted molar refractivity (Wildman–Crippen MR) is 97.8 cm³/mol. The van der Waals surface area contributed by atoms with Crippen molar-refractivity contribution in [3.8, 4) is 5.75 Å². The highest BCUT2D eigenvalue weighted by Crippen LogP contribution is 2.20. The summed E-state index contributed by atoms with van der Waals surface area (Å²) >= 11 is 9.47. The molecule has 0 bridgehead atoms. The first-order valence-corrected chi connectivity index (χ1v) is 8.75. The van der Waals surface area contributed by atoms with Crippen molar-refractivity contribution in [3.63, 3.8) is 0 Å². The lowest BCUT2D eigenvalue weighted by Gasteiger charge is -2.13. The Morgan fingerprint density at radius 1 is 1.09 bits per heavy atom. The number of pyridine rings is 1. The van der Waals surface area contributed by atoms with Gasteiger partial charge in [0.1, 0.15) is 12.4 Å². The van der Waals surface area contributed by atoms with Crippen LogP contribution in [0, 0.1) is 0 Å². The van der Waals surface area contributed by atoms with Crippen LogP contribution in [0.3, 0.4) is 0 Å². The highest BCUT2D eigenvalue weighted by molar-refractivity contribution is 9.08. The van der Waals surface area contributed by atoms with Gasteiger partial charge in [-0.05, 0) is 35.7 Å². The normalized spacial score (nSPS) is 10.9. The fourth-order valence-electron chi connectivity index (χ4n) is 2.49. The van der Waals surface area contributed by atoms with E-state index in [4.69, 9.17) is 16.3 Å². The average Bonchev–Trinajstić information content (AvgIpc) is 2.57. The summed E-state index contributed by atoms with van der Waals surface area (Å²) in [5, 5.41) is 2.12. The van der Waals surface area contributed by atoms with Gasteiger partial charge in [-0.3, -0.25) is 4.79 Å². The third-order valence-corrected chi connectivity index (χ3v) is 4.44. The molecule has 0 aliphatic heterocycles. The first-order valence-electron chi connectivity index (χ1n) is 7.25. The van der Waals surface area contributed by atoms with Gasteiger partial charge in [-0.15, -0.1) is 0 Å². The summed E-state index contributed by atoms with van der Waals surface area (Å²) in [5.41, 5.74) is 1.52. The highest BCUT2D eigenvalue weighted by atomic mass is 79.9. The molecule has 0 unspecified atom stereocenters. The Kier molecular flexibility index (Phi) is 5.03.